The lowest BCUT2D eigenvalue weighted by Crippen LogP contribution is -2.23. The zero-order chi connectivity index (χ0) is 14.4. The fourth-order valence-electron chi connectivity index (χ4n) is 2.20. The van der Waals surface area contributed by atoms with E-state index in [1.54, 1.807) is 23.5 Å². The molecule has 0 aliphatic carbocycles. The lowest BCUT2D eigenvalue weighted by atomic mass is 9.95. The minimum absolute atomic E-state index is 0.173. The van der Waals surface area contributed by atoms with Gasteiger partial charge in [0.2, 0.25) is 0 Å². The third-order valence-corrected chi connectivity index (χ3v) is 4.95. The first-order valence-electron chi connectivity index (χ1n) is 6.88. The summed E-state index contributed by atoms with van der Waals surface area (Å²) in [5.74, 6) is 0.209. The molecule has 0 saturated carbocycles. The largest absolute Gasteiger partial charge is 0.316 e. The number of benzene rings is 1. The summed E-state index contributed by atoms with van der Waals surface area (Å²) in [6.45, 7) is 4.11. The fraction of sp³-hybridized carbons (Fsp3) is 0.375. The van der Waals surface area contributed by atoms with Gasteiger partial charge >= 0.3 is 0 Å². The highest BCUT2D eigenvalue weighted by atomic mass is 79.9. The van der Waals surface area contributed by atoms with Crippen LogP contribution in [0.2, 0.25) is 0 Å². The minimum Gasteiger partial charge on any atom is -0.316 e. The first-order chi connectivity index (χ1) is 9.69. The molecule has 1 aromatic heterocycles. The Bertz CT molecular complexity index is 524. The second-order valence-corrected chi connectivity index (χ2v) is 6.80. The van der Waals surface area contributed by atoms with Crippen molar-refractivity contribution in [3.63, 3.8) is 0 Å². The number of hydrogen-bond donors (Lipinski definition) is 1. The first-order valence-corrected chi connectivity index (χ1v) is 8.55. The summed E-state index contributed by atoms with van der Waals surface area (Å²) in [6.07, 6.45) is 2.11. The lowest BCUT2D eigenvalue weighted by Gasteiger charge is -2.17. The number of nitrogens with one attached hydrogen (secondary N) is 1. The maximum absolute atomic E-state index is 13.1. The second kappa shape index (κ2) is 7.91. The predicted molar refractivity (Wildman–Crippen MR) is 88.0 cm³/mol. The van der Waals surface area contributed by atoms with E-state index < -0.39 is 0 Å². The number of rotatable bonds is 7. The van der Waals surface area contributed by atoms with Gasteiger partial charge in [-0.3, -0.25) is 0 Å². The molecular weight excluding hydrogens is 337 g/mol. The van der Waals surface area contributed by atoms with Gasteiger partial charge in [-0.05, 0) is 59.1 Å². The Hall–Kier alpha value is -0.710. The van der Waals surface area contributed by atoms with E-state index in [4.69, 9.17) is 0 Å². The molecule has 1 aromatic carbocycles. The molecule has 0 spiro atoms. The summed E-state index contributed by atoms with van der Waals surface area (Å²) >= 11 is 5.26. The molecule has 108 valence electrons. The SMILES string of the molecule is CCCNCC(Cc1cc(Br)cs1)c1ccc(F)cc1. The van der Waals surface area contributed by atoms with Crippen molar-refractivity contribution in [1.82, 2.24) is 5.32 Å². The monoisotopic (exact) mass is 355 g/mol. The first kappa shape index (κ1) is 15.7. The molecule has 1 heterocycles. The minimum atomic E-state index is -0.173. The molecule has 0 saturated heterocycles. The van der Waals surface area contributed by atoms with Crippen LogP contribution in [0.1, 0.15) is 29.7 Å². The van der Waals surface area contributed by atoms with Crippen LogP contribution < -0.4 is 5.32 Å². The van der Waals surface area contributed by atoms with Gasteiger partial charge in [-0.15, -0.1) is 11.3 Å². The molecule has 4 heteroatoms. The summed E-state index contributed by atoms with van der Waals surface area (Å²) in [4.78, 5) is 1.35. The van der Waals surface area contributed by atoms with Gasteiger partial charge in [0.1, 0.15) is 5.82 Å². The van der Waals surface area contributed by atoms with Crippen molar-refractivity contribution in [3.8, 4) is 0 Å². The van der Waals surface area contributed by atoms with Gasteiger partial charge in [0.25, 0.3) is 0 Å². The molecular formula is C16H19BrFNS. The number of hydrogen-bond acceptors (Lipinski definition) is 2. The molecule has 0 radical (unpaired) electrons. The molecule has 0 aliphatic heterocycles. The topological polar surface area (TPSA) is 12.0 Å². The Kier molecular flexibility index (Phi) is 6.20. The van der Waals surface area contributed by atoms with E-state index in [2.05, 4.69) is 39.6 Å². The van der Waals surface area contributed by atoms with Crippen LogP contribution in [0, 0.1) is 5.82 Å². The van der Waals surface area contributed by atoms with Crippen LogP contribution in [0.15, 0.2) is 40.2 Å². The van der Waals surface area contributed by atoms with E-state index in [-0.39, 0.29) is 5.82 Å². The van der Waals surface area contributed by atoms with E-state index in [1.807, 2.05) is 12.1 Å². The molecule has 1 nitrogen and oxygen atoms in total. The highest BCUT2D eigenvalue weighted by Crippen LogP contribution is 2.27. The van der Waals surface area contributed by atoms with Crippen molar-refractivity contribution in [1.29, 1.82) is 0 Å². The number of thiophene rings is 1. The molecule has 1 N–H and O–H groups in total. The van der Waals surface area contributed by atoms with Crippen LogP contribution in [0.25, 0.3) is 0 Å². The van der Waals surface area contributed by atoms with Crippen molar-refractivity contribution in [2.45, 2.75) is 25.7 Å². The van der Waals surface area contributed by atoms with Crippen molar-refractivity contribution in [2.24, 2.45) is 0 Å². The molecule has 0 fully saturated rings. The van der Waals surface area contributed by atoms with Crippen LogP contribution in [0.5, 0.6) is 0 Å². The van der Waals surface area contributed by atoms with Crippen molar-refractivity contribution in [2.75, 3.05) is 13.1 Å². The quantitative estimate of drug-likeness (QED) is 0.691. The predicted octanol–water partition coefficient (Wildman–Crippen LogP) is 4.98. The third-order valence-electron chi connectivity index (χ3n) is 3.23. The van der Waals surface area contributed by atoms with E-state index in [0.717, 1.165) is 30.4 Å². The van der Waals surface area contributed by atoms with Crippen molar-refractivity contribution < 1.29 is 4.39 Å². The van der Waals surface area contributed by atoms with Crippen LogP contribution in [-0.4, -0.2) is 13.1 Å². The van der Waals surface area contributed by atoms with E-state index in [0.29, 0.717) is 5.92 Å². The maximum atomic E-state index is 13.1. The summed E-state index contributed by atoms with van der Waals surface area (Å²) in [6, 6.07) is 9.06. The highest BCUT2D eigenvalue weighted by molar-refractivity contribution is 9.10. The molecule has 1 atom stereocenters. The Morgan fingerprint density at radius 3 is 2.65 bits per heavy atom. The molecule has 0 aliphatic rings. The van der Waals surface area contributed by atoms with Crippen LogP contribution in [-0.2, 0) is 6.42 Å². The Balaban J connectivity index is 2.09. The van der Waals surface area contributed by atoms with Gasteiger partial charge in [-0.2, -0.15) is 0 Å². The van der Waals surface area contributed by atoms with Crippen LogP contribution in [0.4, 0.5) is 4.39 Å². The molecule has 0 bridgehead atoms. The summed E-state index contributed by atoms with van der Waals surface area (Å²) in [5, 5.41) is 5.58. The van der Waals surface area contributed by atoms with E-state index >= 15 is 0 Å². The Morgan fingerprint density at radius 1 is 1.30 bits per heavy atom. The van der Waals surface area contributed by atoms with Crippen LogP contribution >= 0.6 is 27.3 Å². The second-order valence-electron chi connectivity index (χ2n) is 4.89. The lowest BCUT2D eigenvalue weighted by molar-refractivity contribution is 0.576. The smallest absolute Gasteiger partial charge is 0.123 e. The Morgan fingerprint density at radius 2 is 2.05 bits per heavy atom. The zero-order valence-corrected chi connectivity index (χ0v) is 13.9. The Labute approximate surface area is 132 Å². The molecule has 0 amide bonds. The van der Waals surface area contributed by atoms with Crippen molar-refractivity contribution in [3.05, 3.63) is 56.4 Å². The molecule has 2 rings (SSSR count). The summed E-state index contributed by atoms with van der Waals surface area (Å²) < 4.78 is 14.2. The maximum Gasteiger partial charge on any atom is 0.123 e. The van der Waals surface area contributed by atoms with E-state index in [9.17, 15) is 4.39 Å². The fourth-order valence-corrected chi connectivity index (χ4v) is 3.73. The normalized spacial score (nSPS) is 12.6. The van der Waals surface area contributed by atoms with Crippen molar-refractivity contribution >= 4 is 27.3 Å². The average Bonchev–Trinajstić information content (AvgIpc) is 2.84. The van der Waals surface area contributed by atoms with Gasteiger partial charge in [0.05, 0.1) is 0 Å². The van der Waals surface area contributed by atoms with Gasteiger partial charge in [0, 0.05) is 27.2 Å². The standard InChI is InChI=1S/C16H19BrFNS/c1-2-7-19-10-13(8-16-9-14(17)11-20-16)12-3-5-15(18)6-4-12/h3-6,9,11,13,19H,2,7-8,10H2,1H3. The van der Waals surface area contributed by atoms with Crippen LogP contribution in [0.3, 0.4) is 0 Å². The summed E-state index contributed by atoms with van der Waals surface area (Å²) in [5.41, 5.74) is 1.19. The van der Waals surface area contributed by atoms with Gasteiger partial charge < -0.3 is 5.32 Å². The van der Waals surface area contributed by atoms with Gasteiger partial charge in [-0.25, -0.2) is 4.39 Å². The number of halogens is 2. The van der Waals surface area contributed by atoms with E-state index in [1.165, 1.54) is 10.4 Å². The van der Waals surface area contributed by atoms with Gasteiger partial charge in [0.15, 0.2) is 0 Å². The molecule has 20 heavy (non-hydrogen) atoms. The molecule has 1 unspecified atom stereocenters. The zero-order valence-electron chi connectivity index (χ0n) is 11.5. The average molecular weight is 356 g/mol. The summed E-state index contributed by atoms with van der Waals surface area (Å²) in [7, 11) is 0. The van der Waals surface area contributed by atoms with Gasteiger partial charge in [-0.1, -0.05) is 19.1 Å². The third kappa shape index (κ3) is 4.69. The highest BCUT2D eigenvalue weighted by Gasteiger charge is 2.13. The molecule has 2 aromatic rings.